The summed E-state index contributed by atoms with van der Waals surface area (Å²) in [6.45, 7) is 3.76. The Morgan fingerprint density at radius 1 is 1.50 bits per heavy atom. The Hall–Kier alpha value is -0.680. The van der Waals surface area contributed by atoms with Gasteiger partial charge in [-0.15, -0.1) is 0 Å². The van der Waals surface area contributed by atoms with E-state index in [1.54, 1.807) is 0 Å². The number of rotatable bonds is 4. The molecule has 1 aromatic heterocycles. The Kier molecular flexibility index (Phi) is 3.43. The molecule has 5 heteroatoms. The summed E-state index contributed by atoms with van der Waals surface area (Å²) in [4.78, 5) is 6.35. The fraction of sp³-hybridized carbons (Fsp3) is 0.714. The first-order valence-electron chi connectivity index (χ1n) is 3.93. The van der Waals surface area contributed by atoms with Gasteiger partial charge in [0.2, 0.25) is 5.13 Å². The predicted octanol–water partition coefficient (Wildman–Crippen LogP) is 1.03. The molecule has 1 N–H and O–H groups in total. The molecule has 0 amide bonds. The van der Waals surface area contributed by atoms with Crippen molar-refractivity contribution in [1.29, 1.82) is 0 Å². The quantitative estimate of drug-likeness (QED) is 0.762. The van der Waals surface area contributed by atoms with Crippen LogP contribution in [0.3, 0.4) is 0 Å². The van der Waals surface area contributed by atoms with Gasteiger partial charge in [0, 0.05) is 18.1 Å². The van der Waals surface area contributed by atoms with Gasteiger partial charge in [-0.05, 0) is 21.0 Å². The third-order valence-electron chi connectivity index (χ3n) is 1.25. The minimum absolute atomic E-state index is 0.807. The highest BCUT2D eigenvalue weighted by atomic mass is 32.1. The van der Waals surface area contributed by atoms with Crippen molar-refractivity contribution in [1.82, 2.24) is 14.3 Å². The smallest absolute Gasteiger partial charge is 0.202 e. The van der Waals surface area contributed by atoms with Gasteiger partial charge in [-0.3, -0.25) is 0 Å². The van der Waals surface area contributed by atoms with Gasteiger partial charge >= 0.3 is 0 Å². The van der Waals surface area contributed by atoms with E-state index in [4.69, 9.17) is 0 Å². The van der Waals surface area contributed by atoms with E-state index in [1.807, 2.05) is 21.0 Å². The molecule has 1 rings (SSSR count). The lowest BCUT2D eigenvalue weighted by atomic mass is 10.6. The van der Waals surface area contributed by atoms with Gasteiger partial charge in [0.25, 0.3) is 0 Å². The highest BCUT2D eigenvalue weighted by Gasteiger charge is 2.02. The summed E-state index contributed by atoms with van der Waals surface area (Å²) in [5.41, 5.74) is 0. The molecule has 0 unspecified atom stereocenters. The Morgan fingerprint density at radius 3 is 2.83 bits per heavy atom. The average molecular weight is 186 g/mol. The normalized spacial score (nSPS) is 10.7. The van der Waals surface area contributed by atoms with Crippen LogP contribution in [0.15, 0.2) is 0 Å². The summed E-state index contributed by atoms with van der Waals surface area (Å²) in [6.07, 6.45) is 0. The lowest BCUT2D eigenvalue weighted by Crippen LogP contribution is -2.11. The molecular weight excluding hydrogens is 172 g/mol. The van der Waals surface area contributed by atoms with E-state index in [9.17, 15) is 0 Å². The molecule has 0 aliphatic carbocycles. The van der Waals surface area contributed by atoms with Crippen molar-refractivity contribution in [2.24, 2.45) is 0 Å². The molecule has 0 saturated carbocycles. The van der Waals surface area contributed by atoms with Crippen LogP contribution in [0.4, 0.5) is 5.13 Å². The molecule has 0 aliphatic heterocycles. The molecule has 68 valence electrons. The molecule has 0 radical (unpaired) electrons. The molecule has 12 heavy (non-hydrogen) atoms. The van der Waals surface area contributed by atoms with Crippen molar-refractivity contribution in [3.63, 3.8) is 0 Å². The zero-order valence-electron chi connectivity index (χ0n) is 7.66. The zero-order valence-corrected chi connectivity index (χ0v) is 8.48. The molecule has 0 spiro atoms. The van der Waals surface area contributed by atoms with Crippen LogP contribution in [0, 0.1) is 0 Å². The van der Waals surface area contributed by atoms with Crippen molar-refractivity contribution in [3.8, 4) is 0 Å². The van der Waals surface area contributed by atoms with Gasteiger partial charge in [0.15, 0.2) is 5.82 Å². The maximum absolute atomic E-state index is 4.29. The summed E-state index contributed by atoms with van der Waals surface area (Å²) in [6, 6.07) is 0. The van der Waals surface area contributed by atoms with Crippen LogP contribution >= 0.6 is 11.5 Å². The monoisotopic (exact) mass is 186 g/mol. The zero-order chi connectivity index (χ0) is 8.97. The number of hydrogen-bond acceptors (Lipinski definition) is 5. The standard InChI is InChI=1S/C7H14N4S/c1-4-8-7-9-6(10-12-7)5-11(2)3/h4-5H2,1-3H3,(H,8,9,10). The maximum Gasteiger partial charge on any atom is 0.202 e. The molecule has 0 fully saturated rings. The van der Waals surface area contributed by atoms with Crippen LogP contribution in [0.1, 0.15) is 12.7 Å². The fourth-order valence-corrected chi connectivity index (χ4v) is 1.47. The van der Waals surface area contributed by atoms with Gasteiger partial charge in [0.05, 0.1) is 6.54 Å². The van der Waals surface area contributed by atoms with Crippen LogP contribution in [0.2, 0.25) is 0 Å². The van der Waals surface area contributed by atoms with Gasteiger partial charge in [-0.1, -0.05) is 0 Å². The van der Waals surface area contributed by atoms with Crippen LogP contribution in [0.25, 0.3) is 0 Å². The third-order valence-corrected chi connectivity index (χ3v) is 1.96. The van der Waals surface area contributed by atoms with Crippen molar-refractivity contribution in [2.45, 2.75) is 13.5 Å². The molecule has 0 aliphatic rings. The van der Waals surface area contributed by atoms with Gasteiger partial charge < -0.3 is 10.2 Å². The van der Waals surface area contributed by atoms with Crippen molar-refractivity contribution in [2.75, 3.05) is 26.0 Å². The minimum atomic E-state index is 0.807. The van der Waals surface area contributed by atoms with Crippen molar-refractivity contribution < 1.29 is 0 Å². The first-order chi connectivity index (χ1) is 5.72. The minimum Gasteiger partial charge on any atom is -0.361 e. The summed E-state index contributed by atoms with van der Waals surface area (Å²) in [5.74, 6) is 0.890. The van der Waals surface area contributed by atoms with Crippen LogP contribution in [-0.2, 0) is 6.54 Å². The van der Waals surface area contributed by atoms with E-state index in [-0.39, 0.29) is 0 Å². The first-order valence-corrected chi connectivity index (χ1v) is 4.71. The van der Waals surface area contributed by atoms with E-state index in [1.165, 1.54) is 11.5 Å². The molecule has 1 aromatic rings. The largest absolute Gasteiger partial charge is 0.361 e. The van der Waals surface area contributed by atoms with Gasteiger partial charge in [-0.2, -0.15) is 4.37 Å². The number of nitrogens with zero attached hydrogens (tertiary/aromatic N) is 3. The predicted molar refractivity (Wildman–Crippen MR) is 51.5 cm³/mol. The van der Waals surface area contributed by atoms with E-state index in [2.05, 4.69) is 19.6 Å². The Bertz CT molecular complexity index is 233. The summed E-state index contributed by atoms with van der Waals surface area (Å²) < 4.78 is 4.20. The van der Waals surface area contributed by atoms with E-state index < -0.39 is 0 Å². The summed E-state index contributed by atoms with van der Waals surface area (Å²) in [7, 11) is 4.02. The molecule has 0 atom stereocenters. The maximum atomic E-state index is 4.29. The highest BCUT2D eigenvalue weighted by molar-refractivity contribution is 7.09. The van der Waals surface area contributed by atoms with Crippen molar-refractivity contribution in [3.05, 3.63) is 5.82 Å². The molecule has 1 heterocycles. The van der Waals surface area contributed by atoms with Gasteiger partial charge in [-0.25, -0.2) is 4.98 Å². The van der Waals surface area contributed by atoms with Crippen LogP contribution in [0.5, 0.6) is 0 Å². The second-order valence-corrected chi connectivity index (χ2v) is 3.54. The summed E-state index contributed by atoms with van der Waals surface area (Å²) in [5, 5.41) is 4.04. The molecule has 0 aromatic carbocycles. The molecule has 0 bridgehead atoms. The topological polar surface area (TPSA) is 41.1 Å². The third kappa shape index (κ3) is 2.75. The van der Waals surface area contributed by atoms with E-state index >= 15 is 0 Å². The van der Waals surface area contributed by atoms with E-state index in [0.717, 1.165) is 24.0 Å². The first kappa shape index (κ1) is 9.41. The SMILES string of the molecule is CCNc1nc(CN(C)C)ns1. The second-order valence-electron chi connectivity index (χ2n) is 2.78. The van der Waals surface area contributed by atoms with E-state index in [0.29, 0.717) is 0 Å². The van der Waals surface area contributed by atoms with Crippen LogP contribution < -0.4 is 5.32 Å². The lowest BCUT2D eigenvalue weighted by Gasteiger charge is -2.04. The van der Waals surface area contributed by atoms with Crippen LogP contribution in [-0.4, -0.2) is 34.9 Å². The second kappa shape index (κ2) is 4.37. The molecule has 0 saturated heterocycles. The number of anilines is 1. The fourth-order valence-electron chi connectivity index (χ4n) is 0.824. The number of aromatic nitrogens is 2. The Labute approximate surface area is 76.8 Å². The average Bonchev–Trinajstić information content (AvgIpc) is 2.36. The Morgan fingerprint density at radius 2 is 2.25 bits per heavy atom. The van der Waals surface area contributed by atoms with Gasteiger partial charge in [0.1, 0.15) is 0 Å². The summed E-state index contributed by atoms with van der Waals surface area (Å²) >= 11 is 1.42. The number of hydrogen-bond donors (Lipinski definition) is 1. The molecular formula is C7H14N4S. The van der Waals surface area contributed by atoms with Crippen molar-refractivity contribution >= 4 is 16.7 Å². The Balaban J connectivity index is 2.52. The lowest BCUT2D eigenvalue weighted by molar-refractivity contribution is 0.393. The molecule has 4 nitrogen and oxygen atoms in total. The highest BCUT2D eigenvalue weighted by Crippen LogP contribution is 2.10. The number of nitrogens with one attached hydrogen (secondary N) is 1.